The summed E-state index contributed by atoms with van der Waals surface area (Å²) in [5.74, 6) is -0.667. The lowest BCUT2D eigenvalue weighted by Gasteiger charge is -2.07. The highest BCUT2D eigenvalue weighted by atomic mass is 32.1. The second-order valence-corrected chi connectivity index (χ2v) is 8.56. The highest BCUT2D eigenvalue weighted by Crippen LogP contribution is 2.20. The predicted octanol–water partition coefficient (Wildman–Crippen LogP) is 2.19. The Morgan fingerprint density at radius 2 is 1.89 bits per heavy atom. The molecule has 0 bridgehead atoms. The van der Waals surface area contributed by atoms with Crippen LogP contribution in [-0.4, -0.2) is 42.9 Å². The largest absolute Gasteiger partial charge is 0.448 e. The number of thiazole rings is 1. The molecule has 186 valence electrons. The molecule has 0 saturated heterocycles. The van der Waals surface area contributed by atoms with Gasteiger partial charge in [0.1, 0.15) is 23.6 Å². The van der Waals surface area contributed by atoms with Crippen molar-refractivity contribution in [1.29, 1.82) is 0 Å². The van der Waals surface area contributed by atoms with Gasteiger partial charge in [0, 0.05) is 25.5 Å². The third kappa shape index (κ3) is 6.18. The molecule has 36 heavy (non-hydrogen) atoms. The van der Waals surface area contributed by atoms with Crippen LogP contribution >= 0.6 is 11.3 Å². The molecule has 4 aromatic rings. The van der Waals surface area contributed by atoms with Gasteiger partial charge in [0.15, 0.2) is 5.13 Å². The molecule has 2 N–H and O–H groups in total. The van der Waals surface area contributed by atoms with Crippen LogP contribution in [0.2, 0.25) is 0 Å². The number of aromatic nitrogens is 5. The molecule has 4 rings (SSSR count). The lowest BCUT2D eigenvalue weighted by Crippen LogP contribution is -2.28. The Morgan fingerprint density at radius 3 is 2.64 bits per heavy atom. The molecule has 0 unspecified atom stereocenters. The van der Waals surface area contributed by atoms with Crippen molar-refractivity contribution in [2.24, 2.45) is 0 Å². The van der Waals surface area contributed by atoms with Gasteiger partial charge in [0.2, 0.25) is 0 Å². The summed E-state index contributed by atoms with van der Waals surface area (Å²) >= 11 is 1.07. The van der Waals surface area contributed by atoms with E-state index in [1.165, 1.54) is 23.0 Å². The Morgan fingerprint density at radius 1 is 1.11 bits per heavy atom. The van der Waals surface area contributed by atoms with Gasteiger partial charge in [-0.2, -0.15) is 5.10 Å². The molecule has 0 radical (unpaired) electrons. The van der Waals surface area contributed by atoms with Crippen LogP contribution in [-0.2, 0) is 24.4 Å². The van der Waals surface area contributed by atoms with Crippen molar-refractivity contribution >= 4 is 23.3 Å². The fraction of sp³-hybridized carbons (Fsp3) is 0.217. The lowest BCUT2D eigenvalue weighted by atomic mass is 10.2. The topological polar surface area (TPSA) is 133 Å². The summed E-state index contributed by atoms with van der Waals surface area (Å²) in [7, 11) is 0. The SMILES string of the molecule is Cc1nc(-n2cnn(CCOC(=O)NCc3ccc(F)cc3)c2=O)sc1C(=O)NCc1cccnc1. The van der Waals surface area contributed by atoms with Crippen molar-refractivity contribution in [3.63, 3.8) is 0 Å². The van der Waals surface area contributed by atoms with Gasteiger partial charge in [-0.05, 0) is 36.2 Å². The van der Waals surface area contributed by atoms with Gasteiger partial charge in [-0.1, -0.05) is 29.5 Å². The summed E-state index contributed by atoms with van der Waals surface area (Å²) < 4.78 is 20.4. The molecule has 1 aromatic carbocycles. The van der Waals surface area contributed by atoms with Crippen LogP contribution in [0.4, 0.5) is 9.18 Å². The number of nitrogens with one attached hydrogen (secondary N) is 2. The lowest BCUT2D eigenvalue weighted by molar-refractivity contribution is 0.0954. The van der Waals surface area contributed by atoms with E-state index in [9.17, 15) is 18.8 Å². The van der Waals surface area contributed by atoms with Gasteiger partial charge in [-0.25, -0.2) is 28.2 Å². The average molecular weight is 512 g/mol. The maximum Gasteiger partial charge on any atom is 0.407 e. The number of carbonyl (C=O) groups excluding carboxylic acids is 2. The molecule has 0 aliphatic rings. The molecule has 2 amide bonds. The molecule has 13 heteroatoms. The summed E-state index contributed by atoms with van der Waals surface area (Å²) in [6.07, 6.45) is 3.94. The van der Waals surface area contributed by atoms with Crippen molar-refractivity contribution in [2.45, 2.75) is 26.6 Å². The van der Waals surface area contributed by atoms with E-state index in [1.54, 1.807) is 37.5 Å². The van der Waals surface area contributed by atoms with E-state index in [0.29, 0.717) is 27.8 Å². The minimum absolute atomic E-state index is 0.0264. The molecule has 11 nitrogen and oxygen atoms in total. The minimum atomic E-state index is -0.677. The quantitative estimate of drug-likeness (QED) is 0.352. The number of hydrogen-bond acceptors (Lipinski definition) is 8. The summed E-state index contributed by atoms with van der Waals surface area (Å²) in [5, 5.41) is 9.69. The zero-order valence-corrected chi connectivity index (χ0v) is 20.0. The molecule has 0 fully saturated rings. The van der Waals surface area contributed by atoms with Crippen LogP contribution in [0, 0.1) is 12.7 Å². The molecule has 0 aliphatic heterocycles. The maximum atomic E-state index is 12.9. The van der Waals surface area contributed by atoms with E-state index in [1.807, 2.05) is 6.07 Å². The summed E-state index contributed by atoms with van der Waals surface area (Å²) in [5.41, 5.74) is 1.57. The molecular weight excluding hydrogens is 489 g/mol. The van der Waals surface area contributed by atoms with E-state index >= 15 is 0 Å². The smallest absolute Gasteiger partial charge is 0.407 e. The molecule has 3 aromatic heterocycles. The number of carbonyl (C=O) groups is 2. The summed E-state index contributed by atoms with van der Waals surface area (Å²) in [4.78, 5) is 45.9. The number of amides is 2. The molecule has 0 aliphatic carbocycles. The number of rotatable bonds is 9. The zero-order chi connectivity index (χ0) is 25.5. The van der Waals surface area contributed by atoms with Crippen molar-refractivity contribution in [3.8, 4) is 5.13 Å². The molecule has 0 spiro atoms. The fourth-order valence-corrected chi connectivity index (χ4v) is 4.08. The van der Waals surface area contributed by atoms with Crippen LogP contribution in [0.15, 0.2) is 59.9 Å². The zero-order valence-electron chi connectivity index (χ0n) is 19.2. The number of aryl methyl sites for hydroxylation is 1. The number of halogens is 1. The molecular formula is C23H22FN7O4S. The number of ether oxygens (including phenoxy) is 1. The van der Waals surface area contributed by atoms with Gasteiger partial charge >= 0.3 is 11.8 Å². The average Bonchev–Trinajstić information content (AvgIpc) is 3.45. The van der Waals surface area contributed by atoms with E-state index < -0.39 is 11.8 Å². The monoisotopic (exact) mass is 511 g/mol. The Balaban J connectivity index is 1.30. The Labute approximate surface area is 208 Å². The van der Waals surface area contributed by atoms with Crippen LogP contribution < -0.4 is 16.3 Å². The van der Waals surface area contributed by atoms with Gasteiger partial charge in [-0.3, -0.25) is 9.78 Å². The van der Waals surface area contributed by atoms with Gasteiger partial charge in [0.25, 0.3) is 5.91 Å². The van der Waals surface area contributed by atoms with Crippen LogP contribution in [0.25, 0.3) is 5.13 Å². The Hall–Kier alpha value is -4.39. The highest BCUT2D eigenvalue weighted by Gasteiger charge is 2.18. The van der Waals surface area contributed by atoms with E-state index in [0.717, 1.165) is 21.6 Å². The second kappa shape index (κ2) is 11.4. The van der Waals surface area contributed by atoms with E-state index in [2.05, 4.69) is 25.7 Å². The van der Waals surface area contributed by atoms with Gasteiger partial charge < -0.3 is 15.4 Å². The van der Waals surface area contributed by atoms with Crippen molar-refractivity contribution < 1.29 is 18.7 Å². The van der Waals surface area contributed by atoms with E-state index in [-0.39, 0.29) is 31.4 Å². The second-order valence-electron chi connectivity index (χ2n) is 7.58. The fourth-order valence-electron chi connectivity index (χ4n) is 3.14. The number of hydrogen-bond donors (Lipinski definition) is 2. The first kappa shape index (κ1) is 24.7. The molecule has 0 atom stereocenters. The standard InChI is InChI=1S/C23H22FN7O4S/c1-15-19(20(32)26-13-17-3-2-8-25-11-17)36-21(29-15)30-14-28-31(23(30)34)9-10-35-22(33)27-12-16-4-6-18(24)7-5-16/h2-8,11,14H,9-10,12-13H2,1H3,(H,26,32)(H,27,33). The number of benzene rings is 1. The number of nitrogens with zero attached hydrogens (tertiary/aromatic N) is 5. The molecule has 3 heterocycles. The van der Waals surface area contributed by atoms with Crippen molar-refractivity contribution in [2.75, 3.05) is 6.61 Å². The first-order valence-electron chi connectivity index (χ1n) is 10.8. The summed E-state index contributed by atoms with van der Waals surface area (Å²) in [6.45, 7) is 2.11. The Bertz CT molecular complexity index is 1400. The minimum Gasteiger partial charge on any atom is -0.448 e. The first-order chi connectivity index (χ1) is 17.4. The van der Waals surface area contributed by atoms with E-state index in [4.69, 9.17) is 4.74 Å². The Kier molecular flexibility index (Phi) is 7.80. The molecule has 0 saturated carbocycles. The maximum absolute atomic E-state index is 12.9. The number of pyridine rings is 1. The van der Waals surface area contributed by atoms with Gasteiger partial charge in [-0.15, -0.1) is 0 Å². The summed E-state index contributed by atoms with van der Waals surface area (Å²) in [6, 6.07) is 9.34. The highest BCUT2D eigenvalue weighted by molar-refractivity contribution is 7.16. The predicted molar refractivity (Wildman–Crippen MR) is 128 cm³/mol. The van der Waals surface area contributed by atoms with Crippen LogP contribution in [0.5, 0.6) is 0 Å². The number of alkyl carbamates (subject to hydrolysis) is 1. The normalized spacial score (nSPS) is 10.7. The first-order valence-corrected chi connectivity index (χ1v) is 11.7. The third-order valence-corrected chi connectivity index (χ3v) is 6.15. The third-order valence-electron chi connectivity index (χ3n) is 4.99. The van der Waals surface area contributed by atoms with Crippen molar-refractivity contribution in [3.05, 3.63) is 93.1 Å². The van der Waals surface area contributed by atoms with Crippen molar-refractivity contribution in [1.82, 2.24) is 34.9 Å². The van der Waals surface area contributed by atoms with Crippen LogP contribution in [0.3, 0.4) is 0 Å². The van der Waals surface area contributed by atoms with Gasteiger partial charge in [0.05, 0.1) is 12.2 Å². The van der Waals surface area contributed by atoms with Crippen LogP contribution in [0.1, 0.15) is 26.5 Å².